The van der Waals surface area contributed by atoms with Gasteiger partial charge in [-0.25, -0.2) is 0 Å². The summed E-state index contributed by atoms with van der Waals surface area (Å²) in [6, 6.07) is 7.61. The molecule has 0 atom stereocenters. The molecule has 0 aromatic heterocycles. The second-order valence-electron chi connectivity index (χ2n) is 7.97. The standard InChI is InChI=1S/C21H26IN3O3/c22-18-4-2-1-3-17(18)21(28)25-13-11-24(12-14-25)20(27)16-7-9-23(10-8-16)19(26)15-5-6-15/h1-4,15-16H,5-14H2. The number of carbonyl (C=O) groups is 3. The molecule has 3 fully saturated rings. The third-order valence-corrected chi connectivity index (χ3v) is 7.01. The van der Waals surface area contributed by atoms with Gasteiger partial charge in [-0.2, -0.15) is 0 Å². The highest BCUT2D eigenvalue weighted by Gasteiger charge is 2.37. The second-order valence-corrected chi connectivity index (χ2v) is 9.13. The van der Waals surface area contributed by atoms with Gasteiger partial charge in [-0.1, -0.05) is 12.1 Å². The van der Waals surface area contributed by atoms with Crippen molar-refractivity contribution >= 4 is 40.3 Å². The fourth-order valence-corrected chi connectivity index (χ4v) is 4.75. The molecule has 0 spiro atoms. The first-order chi connectivity index (χ1) is 13.5. The Kier molecular flexibility index (Phi) is 5.89. The molecule has 2 heterocycles. The monoisotopic (exact) mass is 495 g/mol. The summed E-state index contributed by atoms with van der Waals surface area (Å²) in [5.74, 6) is 0.795. The maximum atomic E-state index is 12.9. The molecule has 7 heteroatoms. The van der Waals surface area contributed by atoms with Crippen LogP contribution in [0.25, 0.3) is 0 Å². The molecule has 0 radical (unpaired) electrons. The zero-order valence-electron chi connectivity index (χ0n) is 16.0. The van der Waals surface area contributed by atoms with Gasteiger partial charge in [-0.3, -0.25) is 14.4 Å². The van der Waals surface area contributed by atoms with Crippen LogP contribution in [0.5, 0.6) is 0 Å². The summed E-state index contributed by atoms with van der Waals surface area (Å²) in [4.78, 5) is 43.5. The predicted molar refractivity (Wildman–Crippen MR) is 114 cm³/mol. The van der Waals surface area contributed by atoms with E-state index in [-0.39, 0.29) is 29.6 Å². The topological polar surface area (TPSA) is 60.9 Å². The number of nitrogens with zero attached hydrogens (tertiary/aromatic N) is 3. The van der Waals surface area contributed by atoms with Crippen molar-refractivity contribution in [3.05, 3.63) is 33.4 Å². The maximum absolute atomic E-state index is 12.9. The van der Waals surface area contributed by atoms with Crippen molar-refractivity contribution in [1.29, 1.82) is 0 Å². The zero-order chi connectivity index (χ0) is 19.7. The van der Waals surface area contributed by atoms with Crippen LogP contribution in [0.4, 0.5) is 0 Å². The minimum absolute atomic E-state index is 0.0144. The summed E-state index contributed by atoms with van der Waals surface area (Å²) in [6.45, 7) is 3.75. The predicted octanol–water partition coefficient (Wildman–Crippen LogP) is 2.22. The van der Waals surface area contributed by atoms with Gasteiger partial charge < -0.3 is 14.7 Å². The molecule has 2 saturated heterocycles. The molecular formula is C21H26IN3O3. The van der Waals surface area contributed by atoms with Crippen molar-refractivity contribution in [2.75, 3.05) is 39.3 Å². The number of hydrogen-bond acceptors (Lipinski definition) is 3. The Labute approximate surface area is 179 Å². The van der Waals surface area contributed by atoms with Gasteiger partial charge in [0.05, 0.1) is 5.56 Å². The van der Waals surface area contributed by atoms with E-state index in [1.165, 1.54) is 0 Å². The Bertz CT molecular complexity index is 764. The minimum Gasteiger partial charge on any atom is -0.342 e. The third-order valence-electron chi connectivity index (χ3n) is 6.07. The fraction of sp³-hybridized carbons (Fsp3) is 0.571. The molecule has 3 amide bonds. The summed E-state index contributed by atoms with van der Waals surface area (Å²) in [7, 11) is 0. The van der Waals surface area contributed by atoms with Crippen molar-refractivity contribution in [2.45, 2.75) is 25.7 Å². The van der Waals surface area contributed by atoms with E-state index < -0.39 is 0 Å². The first-order valence-electron chi connectivity index (χ1n) is 10.2. The summed E-state index contributed by atoms with van der Waals surface area (Å²) in [5.41, 5.74) is 0.732. The molecule has 150 valence electrons. The number of carbonyl (C=O) groups excluding carboxylic acids is 3. The number of benzene rings is 1. The molecule has 2 aliphatic heterocycles. The summed E-state index contributed by atoms with van der Waals surface area (Å²) in [6.07, 6.45) is 3.59. The Balaban J connectivity index is 1.27. The van der Waals surface area contributed by atoms with E-state index in [9.17, 15) is 14.4 Å². The Morgan fingerprint density at radius 3 is 1.79 bits per heavy atom. The number of hydrogen-bond donors (Lipinski definition) is 0. The van der Waals surface area contributed by atoms with Gasteiger partial charge in [0, 0.05) is 54.7 Å². The molecule has 0 bridgehead atoms. The van der Waals surface area contributed by atoms with E-state index in [1.54, 1.807) is 0 Å². The van der Waals surface area contributed by atoms with Crippen LogP contribution in [0.1, 0.15) is 36.0 Å². The molecule has 1 saturated carbocycles. The van der Waals surface area contributed by atoms with E-state index >= 15 is 0 Å². The number of piperidine rings is 1. The van der Waals surface area contributed by atoms with E-state index in [0.29, 0.717) is 39.3 Å². The van der Waals surface area contributed by atoms with Crippen LogP contribution in [-0.2, 0) is 9.59 Å². The summed E-state index contributed by atoms with van der Waals surface area (Å²) in [5, 5.41) is 0. The number of rotatable bonds is 3. The van der Waals surface area contributed by atoms with E-state index in [2.05, 4.69) is 22.6 Å². The summed E-state index contributed by atoms with van der Waals surface area (Å²) < 4.78 is 0.955. The number of halogens is 1. The first-order valence-corrected chi connectivity index (χ1v) is 11.2. The molecule has 0 unspecified atom stereocenters. The van der Waals surface area contributed by atoms with Gasteiger partial charge in [0.15, 0.2) is 0 Å². The highest BCUT2D eigenvalue weighted by atomic mass is 127. The molecule has 6 nitrogen and oxygen atoms in total. The molecule has 4 rings (SSSR count). The number of amides is 3. The molecular weight excluding hydrogens is 469 g/mol. The lowest BCUT2D eigenvalue weighted by atomic mass is 9.94. The maximum Gasteiger partial charge on any atom is 0.255 e. The van der Waals surface area contributed by atoms with Gasteiger partial charge in [0.2, 0.25) is 11.8 Å². The highest BCUT2D eigenvalue weighted by molar-refractivity contribution is 14.1. The van der Waals surface area contributed by atoms with Crippen molar-refractivity contribution in [3.8, 4) is 0 Å². The average Bonchev–Trinajstić information content (AvgIpc) is 3.58. The number of likely N-dealkylation sites (tertiary alicyclic amines) is 1. The van der Waals surface area contributed by atoms with Gasteiger partial charge in [-0.15, -0.1) is 0 Å². The lowest BCUT2D eigenvalue weighted by molar-refractivity contribution is -0.142. The molecule has 1 aromatic rings. The van der Waals surface area contributed by atoms with Crippen molar-refractivity contribution in [3.63, 3.8) is 0 Å². The lowest BCUT2D eigenvalue weighted by Gasteiger charge is -2.38. The first kappa shape index (κ1) is 19.7. The Morgan fingerprint density at radius 1 is 0.714 bits per heavy atom. The normalized spacial score (nSPS) is 21.0. The van der Waals surface area contributed by atoms with Gasteiger partial charge in [0.1, 0.15) is 0 Å². The van der Waals surface area contributed by atoms with Crippen LogP contribution < -0.4 is 0 Å². The van der Waals surface area contributed by atoms with Crippen LogP contribution in [0, 0.1) is 15.4 Å². The van der Waals surface area contributed by atoms with Crippen LogP contribution in [-0.4, -0.2) is 71.7 Å². The van der Waals surface area contributed by atoms with Crippen LogP contribution >= 0.6 is 22.6 Å². The smallest absolute Gasteiger partial charge is 0.255 e. The van der Waals surface area contributed by atoms with Crippen LogP contribution in [0.15, 0.2) is 24.3 Å². The zero-order valence-corrected chi connectivity index (χ0v) is 18.1. The third kappa shape index (κ3) is 4.18. The SMILES string of the molecule is O=C(c1ccccc1I)N1CCN(C(=O)C2CCN(C(=O)C3CC3)CC2)CC1. The van der Waals surface area contributed by atoms with E-state index in [0.717, 1.165) is 34.8 Å². The molecule has 28 heavy (non-hydrogen) atoms. The lowest BCUT2D eigenvalue weighted by Crippen LogP contribution is -2.53. The van der Waals surface area contributed by atoms with E-state index in [1.807, 2.05) is 39.0 Å². The van der Waals surface area contributed by atoms with Gasteiger partial charge in [-0.05, 0) is 60.4 Å². The minimum atomic E-state index is 0.0144. The quantitative estimate of drug-likeness (QED) is 0.605. The molecule has 3 aliphatic rings. The fourth-order valence-electron chi connectivity index (χ4n) is 4.13. The Morgan fingerprint density at radius 2 is 1.21 bits per heavy atom. The average molecular weight is 495 g/mol. The highest BCUT2D eigenvalue weighted by Crippen LogP contribution is 2.32. The Hall–Kier alpha value is -1.64. The van der Waals surface area contributed by atoms with Crippen LogP contribution in [0.2, 0.25) is 0 Å². The van der Waals surface area contributed by atoms with E-state index in [4.69, 9.17) is 0 Å². The van der Waals surface area contributed by atoms with Crippen LogP contribution in [0.3, 0.4) is 0 Å². The largest absolute Gasteiger partial charge is 0.342 e. The molecule has 0 N–H and O–H groups in total. The number of piperazine rings is 1. The van der Waals surface area contributed by atoms with Crippen molar-refractivity contribution in [2.24, 2.45) is 11.8 Å². The van der Waals surface area contributed by atoms with Gasteiger partial charge in [0.25, 0.3) is 5.91 Å². The molecule has 1 aliphatic carbocycles. The van der Waals surface area contributed by atoms with Gasteiger partial charge >= 0.3 is 0 Å². The second kappa shape index (κ2) is 8.39. The molecule has 1 aromatic carbocycles. The van der Waals surface area contributed by atoms with Crippen molar-refractivity contribution < 1.29 is 14.4 Å². The van der Waals surface area contributed by atoms with Crippen molar-refractivity contribution in [1.82, 2.24) is 14.7 Å². The summed E-state index contributed by atoms with van der Waals surface area (Å²) >= 11 is 2.19.